The maximum atomic E-state index is 14.5. The molecule has 0 saturated carbocycles. The lowest BCUT2D eigenvalue weighted by Gasteiger charge is -2.41. The van der Waals surface area contributed by atoms with E-state index in [0.29, 0.717) is 42.1 Å². The first-order chi connectivity index (χ1) is 18.0. The van der Waals surface area contributed by atoms with E-state index in [1.165, 1.54) is 6.07 Å². The maximum absolute atomic E-state index is 14.5. The number of nitrogens with zero attached hydrogens (tertiary/aromatic N) is 6. The van der Waals surface area contributed by atoms with Crippen LogP contribution in [0.15, 0.2) is 42.9 Å². The van der Waals surface area contributed by atoms with Gasteiger partial charge in [0.05, 0.1) is 23.1 Å². The monoisotopic (exact) mass is 519 g/mol. The number of piperazine rings is 1. The molecule has 2 amide bonds. The fourth-order valence-corrected chi connectivity index (χ4v) is 4.74. The van der Waals surface area contributed by atoms with Crippen molar-refractivity contribution in [3.05, 3.63) is 59.9 Å². The molecule has 4 aromatic rings. The second-order valence-corrected chi connectivity index (χ2v) is 10.5. The van der Waals surface area contributed by atoms with Crippen molar-refractivity contribution in [3.63, 3.8) is 0 Å². The predicted octanol–water partition coefficient (Wildman–Crippen LogP) is 4.42. The van der Waals surface area contributed by atoms with E-state index in [1.54, 1.807) is 40.9 Å². The van der Waals surface area contributed by atoms with E-state index in [2.05, 4.69) is 25.4 Å². The van der Waals surface area contributed by atoms with Gasteiger partial charge in [0.15, 0.2) is 11.5 Å². The van der Waals surface area contributed by atoms with Crippen molar-refractivity contribution in [2.24, 2.45) is 0 Å². The number of pyridine rings is 1. The van der Waals surface area contributed by atoms with E-state index in [1.807, 2.05) is 39.8 Å². The van der Waals surface area contributed by atoms with Crippen molar-refractivity contribution >= 4 is 39.9 Å². The molecule has 1 saturated heterocycles. The Morgan fingerprint density at radius 2 is 1.95 bits per heavy atom. The van der Waals surface area contributed by atoms with Crippen LogP contribution in [0.3, 0.4) is 0 Å². The average Bonchev–Trinajstić information content (AvgIpc) is 3.22. The van der Waals surface area contributed by atoms with Gasteiger partial charge < -0.3 is 24.3 Å². The third kappa shape index (κ3) is 4.96. The fraction of sp³-hybridized carbons (Fsp3) is 0.370. The summed E-state index contributed by atoms with van der Waals surface area (Å²) in [5.74, 6) is -0.962. The van der Waals surface area contributed by atoms with Crippen LogP contribution in [0, 0.1) is 12.7 Å². The number of benzene rings is 1. The summed E-state index contributed by atoms with van der Waals surface area (Å²) in [7, 11) is 0. The molecule has 3 aromatic heterocycles. The molecule has 1 aromatic carbocycles. The van der Waals surface area contributed by atoms with Crippen LogP contribution in [0.4, 0.5) is 20.6 Å². The minimum Gasteiger partial charge on any atom is -0.444 e. The Hall–Kier alpha value is -4.28. The molecule has 11 heteroatoms. The molecule has 10 nitrogen and oxygen atoms in total. The number of imidazole rings is 1. The normalized spacial score (nSPS) is 16.2. The van der Waals surface area contributed by atoms with Crippen molar-refractivity contribution < 1.29 is 18.7 Å². The number of nitrogens with one attached hydrogen (secondary N) is 1. The minimum absolute atomic E-state index is 0.0805. The Morgan fingerprint density at radius 1 is 1.16 bits per heavy atom. The molecule has 1 aliphatic heterocycles. The number of carbonyl (C=O) groups excluding carboxylic acids is 2. The van der Waals surface area contributed by atoms with Gasteiger partial charge in [-0.15, -0.1) is 5.10 Å². The number of fused-ring (bicyclic) bond motifs is 2. The zero-order valence-electron chi connectivity index (χ0n) is 22.0. The standard InChI is InChI=1S/C27H30FN7O3/c1-16-13-34-15-18(12-21(28)24(34)30-16)31-25(36)20-6-7-22(19-8-9-29-32-23(19)20)33-10-11-35(17(2)14-33)26(37)38-27(3,4)5/h6-9,12-13,15,17H,10-11,14H2,1-5H3,(H,31,36)/t17-/m1/s1. The first-order valence-corrected chi connectivity index (χ1v) is 12.5. The molecular weight excluding hydrogens is 489 g/mol. The number of amides is 2. The molecule has 38 heavy (non-hydrogen) atoms. The summed E-state index contributed by atoms with van der Waals surface area (Å²) >= 11 is 0. The van der Waals surface area contributed by atoms with Crippen molar-refractivity contribution in [1.82, 2.24) is 24.5 Å². The molecule has 0 spiro atoms. The van der Waals surface area contributed by atoms with Crippen LogP contribution in [0.25, 0.3) is 16.6 Å². The Kier molecular flexibility index (Phi) is 6.38. The number of anilines is 2. The molecule has 1 fully saturated rings. The third-order valence-corrected chi connectivity index (χ3v) is 6.39. The summed E-state index contributed by atoms with van der Waals surface area (Å²) < 4.78 is 21.6. The molecule has 4 heterocycles. The highest BCUT2D eigenvalue weighted by Gasteiger charge is 2.31. The molecular formula is C27H30FN7O3. The second-order valence-electron chi connectivity index (χ2n) is 10.5. The Morgan fingerprint density at radius 3 is 2.68 bits per heavy atom. The van der Waals surface area contributed by atoms with Crippen LogP contribution in [0.5, 0.6) is 0 Å². The van der Waals surface area contributed by atoms with E-state index < -0.39 is 17.3 Å². The highest BCUT2D eigenvalue weighted by Crippen LogP contribution is 2.30. The van der Waals surface area contributed by atoms with Gasteiger partial charge in [0.25, 0.3) is 5.91 Å². The van der Waals surface area contributed by atoms with Crippen molar-refractivity contribution in [3.8, 4) is 0 Å². The maximum Gasteiger partial charge on any atom is 0.410 e. The SMILES string of the molecule is Cc1cn2cc(NC(=O)c3ccc(N4CCN(C(=O)OC(C)(C)C)[C@H](C)C4)c4ccnnc34)cc(F)c2n1. The van der Waals surface area contributed by atoms with Gasteiger partial charge in [-0.05, 0) is 52.8 Å². The topological polar surface area (TPSA) is 105 Å². The van der Waals surface area contributed by atoms with E-state index in [4.69, 9.17) is 4.74 Å². The Balaban J connectivity index is 1.39. The summed E-state index contributed by atoms with van der Waals surface area (Å²) in [6, 6.07) is 6.55. The number of carbonyl (C=O) groups is 2. The smallest absolute Gasteiger partial charge is 0.410 e. The number of ether oxygens (including phenoxy) is 1. The first-order valence-electron chi connectivity index (χ1n) is 12.5. The first kappa shape index (κ1) is 25.4. The molecule has 1 aliphatic rings. The molecule has 0 bridgehead atoms. The lowest BCUT2D eigenvalue weighted by molar-refractivity contribution is 0.0159. The largest absolute Gasteiger partial charge is 0.444 e. The second kappa shape index (κ2) is 9.55. The number of halogens is 1. The number of hydrogen-bond donors (Lipinski definition) is 1. The predicted molar refractivity (Wildman–Crippen MR) is 142 cm³/mol. The van der Waals surface area contributed by atoms with Crippen LogP contribution >= 0.6 is 0 Å². The lowest BCUT2D eigenvalue weighted by Crippen LogP contribution is -2.55. The number of aromatic nitrogens is 4. The van der Waals surface area contributed by atoms with Gasteiger partial charge >= 0.3 is 6.09 Å². The van der Waals surface area contributed by atoms with E-state index >= 15 is 0 Å². The van der Waals surface area contributed by atoms with Crippen LogP contribution in [0.2, 0.25) is 0 Å². The molecule has 5 rings (SSSR count). The Bertz CT molecular complexity index is 1550. The summed E-state index contributed by atoms with van der Waals surface area (Å²) in [5.41, 5.74) is 2.25. The fourth-order valence-electron chi connectivity index (χ4n) is 4.74. The molecule has 1 atom stereocenters. The summed E-state index contributed by atoms with van der Waals surface area (Å²) in [6.07, 6.45) is 4.56. The Labute approximate surface area is 219 Å². The van der Waals surface area contributed by atoms with Gasteiger partial charge in [0, 0.05) is 55.2 Å². The van der Waals surface area contributed by atoms with Gasteiger partial charge in [0.1, 0.15) is 11.1 Å². The zero-order chi connectivity index (χ0) is 27.2. The summed E-state index contributed by atoms with van der Waals surface area (Å²) in [6.45, 7) is 11.0. The molecule has 0 unspecified atom stereocenters. The van der Waals surface area contributed by atoms with Crippen LogP contribution in [-0.2, 0) is 4.74 Å². The van der Waals surface area contributed by atoms with Gasteiger partial charge in [-0.1, -0.05) is 0 Å². The summed E-state index contributed by atoms with van der Waals surface area (Å²) in [4.78, 5) is 33.9. The number of aryl methyl sites for hydroxylation is 1. The van der Waals surface area contributed by atoms with Crippen LogP contribution < -0.4 is 10.2 Å². The van der Waals surface area contributed by atoms with Gasteiger partial charge in [-0.3, -0.25) is 4.79 Å². The van der Waals surface area contributed by atoms with Gasteiger partial charge in [-0.2, -0.15) is 5.10 Å². The molecule has 0 radical (unpaired) electrons. The highest BCUT2D eigenvalue weighted by molar-refractivity contribution is 6.13. The van der Waals surface area contributed by atoms with Crippen molar-refractivity contribution in [2.45, 2.75) is 46.3 Å². The quantitative estimate of drug-likeness (QED) is 0.427. The van der Waals surface area contributed by atoms with Gasteiger partial charge in [0.2, 0.25) is 0 Å². The van der Waals surface area contributed by atoms with Crippen molar-refractivity contribution in [2.75, 3.05) is 29.9 Å². The zero-order valence-corrected chi connectivity index (χ0v) is 22.0. The van der Waals surface area contributed by atoms with Crippen LogP contribution in [0.1, 0.15) is 43.7 Å². The number of hydrogen-bond acceptors (Lipinski definition) is 7. The minimum atomic E-state index is -0.561. The van der Waals surface area contributed by atoms with Crippen LogP contribution in [-0.4, -0.2) is 67.8 Å². The molecule has 1 N–H and O–H groups in total. The third-order valence-electron chi connectivity index (χ3n) is 6.39. The van der Waals surface area contributed by atoms with E-state index in [9.17, 15) is 14.0 Å². The van der Waals surface area contributed by atoms with Crippen molar-refractivity contribution in [1.29, 1.82) is 0 Å². The van der Waals surface area contributed by atoms with E-state index in [0.717, 1.165) is 11.1 Å². The molecule has 0 aliphatic carbocycles. The molecule has 198 valence electrons. The highest BCUT2D eigenvalue weighted by atomic mass is 19.1. The number of rotatable bonds is 3. The van der Waals surface area contributed by atoms with Gasteiger partial charge in [-0.25, -0.2) is 14.2 Å². The average molecular weight is 520 g/mol. The lowest BCUT2D eigenvalue weighted by atomic mass is 10.1. The summed E-state index contributed by atoms with van der Waals surface area (Å²) in [5, 5.41) is 11.8. The van der Waals surface area contributed by atoms with E-state index in [-0.39, 0.29) is 17.8 Å².